The standard InChI is InChI=1S/C30H40Cl2N2O4/c1-2-3-4-5-6-7-8-9-10-11-20-33-28(35)24-17-15-23(16-18-24)22-34(29(36)30(37)38)21-19-25-26(31)13-12-14-27(25)32/h12-18H,2-11,19-22H2,1H3,(H,33,35)(H,37,38). The highest BCUT2D eigenvalue weighted by atomic mass is 35.5. The van der Waals surface area contributed by atoms with Gasteiger partial charge in [-0.2, -0.15) is 0 Å². The highest BCUT2D eigenvalue weighted by molar-refractivity contribution is 6.36. The summed E-state index contributed by atoms with van der Waals surface area (Å²) in [6, 6.07) is 12.0. The van der Waals surface area contributed by atoms with Gasteiger partial charge in [-0.1, -0.05) is 106 Å². The van der Waals surface area contributed by atoms with Gasteiger partial charge in [-0.15, -0.1) is 0 Å². The Bertz CT molecular complexity index is 1010. The number of carbonyl (C=O) groups excluding carboxylic acids is 2. The normalized spacial score (nSPS) is 10.8. The maximum Gasteiger partial charge on any atom is 0.394 e. The number of halogens is 2. The number of carbonyl (C=O) groups is 3. The minimum atomic E-state index is -1.53. The summed E-state index contributed by atoms with van der Waals surface area (Å²) >= 11 is 12.4. The van der Waals surface area contributed by atoms with E-state index in [-0.39, 0.29) is 19.0 Å². The van der Waals surface area contributed by atoms with Crippen molar-refractivity contribution < 1.29 is 19.5 Å². The molecule has 0 aliphatic heterocycles. The zero-order valence-electron chi connectivity index (χ0n) is 22.3. The van der Waals surface area contributed by atoms with E-state index in [2.05, 4.69) is 12.2 Å². The van der Waals surface area contributed by atoms with Gasteiger partial charge in [0.15, 0.2) is 0 Å². The predicted octanol–water partition coefficient (Wildman–Crippen LogP) is 7.30. The largest absolute Gasteiger partial charge is 0.474 e. The molecule has 38 heavy (non-hydrogen) atoms. The number of hydrogen-bond acceptors (Lipinski definition) is 3. The van der Waals surface area contributed by atoms with E-state index in [4.69, 9.17) is 23.2 Å². The van der Waals surface area contributed by atoms with Crippen LogP contribution in [0, 0.1) is 0 Å². The Morgan fingerprint density at radius 2 is 1.37 bits per heavy atom. The maximum absolute atomic E-state index is 12.5. The second-order valence-electron chi connectivity index (χ2n) is 9.62. The highest BCUT2D eigenvalue weighted by Crippen LogP contribution is 2.25. The van der Waals surface area contributed by atoms with Crippen LogP contribution in [0.1, 0.15) is 92.6 Å². The van der Waals surface area contributed by atoms with Crippen molar-refractivity contribution >= 4 is 41.0 Å². The van der Waals surface area contributed by atoms with Crippen LogP contribution in [-0.4, -0.2) is 40.9 Å². The molecule has 0 aromatic heterocycles. The third-order valence-electron chi connectivity index (χ3n) is 6.57. The first kappa shape index (κ1) is 31.6. The Hall–Kier alpha value is -2.57. The van der Waals surface area contributed by atoms with Gasteiger partial charge in [-0.3, -0.25) is 9.59 Å². The first-order valence-corrected chi connectivity index (χ1v) is 14.4. The number of benzene rings is 2. The van der Waals surface area contributed by atoms with Gasteiger partial charge >= 0.3 is 11.9 Å². The molecular formula is C30H40Cl2N2O4. The van der Waals surface area contributed by atoms with Gasteiger partial charge in [0.1, 0.15) is 0 Å². The molecule has 0 bridgehead atoms. The van der Waals surface area contributed by atoms with Crippen LogP contribution in [0.5, 0.6) is 0 Å². The Morgan fingerprint density at radius 3 is 1.92 bits per heavy atom. The summed E-state index contributed by atoms with van der Waals surface area (Å²) in [7, 11) is 0. The topological polar surface area (TPSA) is 86.7 Å². The quantitative estimate of drug-likeness (QED) is 0.156. The van der Waals surface area contributed by atoms with Crippen molar-refractivity contribution in [2.45, 2.75) is 84.1 Å². The summed E-state index contributed by atoms with van der Waals surface area (Å²) in [5, 5.41) is 13.2. The van der Waals surface area contributed by atoms with Gasteiger partial charge in [0, 0.05) is 35.2 Å². The van der Waals surface area contributed by atoms with Crippen molar-refractivity contribution in [3.05, 3.63) is 69.2 Å². The summed E-state index contributed by atoms with van der Waals surface area (Å²) in [4.78, 5) is 37.4. The molecule has 0 fully saturated rings. The molecule has 2 aromatic carbocycles. The summed E-state index contributed by atoms with van der Waals surface area (Å²) in [6.45, 7) is 3.10. The molecule has 0 atom stereocenters. The lowest BCUT2D eigenvalue weighted by Gasteiger charge is -2.21. The number of carboxylic acids is 1. The van der Waals surface area contributed by atoms with Gasteiger partial charge in [0.05, 0.1) is 0 Å². The van der Waals surface area contributed by atoms with E-state index in [1.807, 2.05) is 0 Å². The van der Waals surface area contributed by atoms with E-state index in [1.165, 1.54) is 56.3 Å². The third kappa shape index (κ3) is 11.4. The third-order valence-corrected chi connectivity index (χ3v) is 7.28. The average Bonchev–Trinajstić information content (AvgIpc) is 2.90. The molecule has 0 saturated carbocycles. The van der Waals surface area contributed by atoms with Gasteiger partial charge in [-0.05, 0) is 48.2 Å². The van der Waals surface area contributed by atoms with Crippen molar-refractivity contribution in [3.8, 4) is 0 Å². The second kappa shape index (κ2) is 17.8. The van der Waals surface area contributed by atoms with Crippen molar-refractivity contribution in [3.63, 3.8) is 0 Å². The van der Waals surface area contributed by atoms with Crippen LogP contribution in [0.4, 0.5) is 0 Å². The molecule has 208 valence electrons. The lowest BCUT2D eigenvalue weighted by atomic mass is 10.1. The summed E-state index contributed by atoms with van der Waals surface area (Å²) in [6.07, 6.45) is 12.8. The zero-order valence-corrected chi connectivity index (χ0v) is 23.8. The van der Waals surface area contributed by atoms with Gasteiger partial charge in [0.2, 0.25) is 0 Å². The Kier molecular flexibility index (Phi) is 14.9. The molecule has 6 nitrogen and oxygen atoms in total. The van der Waals surface area contributed by atoms with Crippen molar-refractivity contribution in [2.75, 3.05) is 13.1 Å². The lowest BCUT2D eigenvalue weighted by molar-refractivity contribution is -0.156. The van der Waals surface area contributed by atoms with Crippen LogP contribution in [-0.2, 0) is 22.6 Å². The molecule has 2 aromatic rings. The maximum atomic E-state index is 12.5. The fourth-order valence-electron chi connectivity index (χ4n) is 4.30. The van der Waals surface area contributed by atoms with E-state index in [1.54, 1.807) is 42.5 Å². The Morgan fingerprint density at radius 1 is 0.816 bits per heavy atom. The Labute approximate surface area is 236 Å². The van der Waals surface area contributed by atoms with Gasteiger partial charge < -0.3 is 15.3 Å². The van der Waals surface area contributed by atoms with E-state index in [9.17, 15) is 19.5 Å². The molecule has 0 spiro atoms. The van der Waals surface area contributed by atoms with Crippen LogP contribution in [0.25, 0.3) is 0 Å². The van der Waals surface area contributed by atoms with Gasteiger partial charge in [-0.25, -0.2) is 4.79 Å². The number of amides is 2. The number of aliphatic carboxylic acids is 1. The molecule has 0 saturated heterocycles. The first-order valence-electron chi connectivity index (χ1n) is 13.7. The summed E-state index contributed by atoms with van der Waals surface area (Å²) in [5.41, 5.74) is 1.91. The first-order chi connectivity index (χ1) is 18.3. The fraction of sp³-hybridized carbons (Fsp3) is 0.500. The molecule has 2 amide bonds. The SMILES string of the molecule is CCCCCCCCCCCCNC(=O)c1ccc(CN(CCc2c(Cl)cccc2Cl)C(=O)C(=O)O)cc1. The van der Waals surface area contributed by atoms with Crippen molar-refractivity contribution in [2.24, 2.45) is 0 Å². The van der Waals surface area contributed by atoms with Crippen molar-refractivity contribution in [1.29, 1.82) is 0 Å². The smallest absolute Gasteiger partial charge is 0.394 e. The number of unbranched alkanes of at least 4 members (excludes halogenated alkanes) is 9. The molecule has 0 radical (unpaired) electrons. The number of rotatable bonds is 17. The molecule has 0 heterocycles. The second-order valence-corrected chi connectivity index (χ2v) is 10.4. The predicted molar refractivity (Wildman–Crippen MR) is 154 cm³/mol. The minimum absolute atomic E-state index is 0.0910. The monoisotopic (exact) mass is 562 g/mol. The molecule has 0 aliphatic rings. The lowest BCUT2D eigenvalue weighted by Crippen LogP contribution is -2.37. The van der Waals surface area contributed by atoms with E-state index in [0.29, 0.717) is 34.1 Å². The average molecular weight is 564 g/mol. The summed E-state index contributed by atoms with van der Waals surface area (Å²) in [5.74, 6) is -2.68. The number of nitrogens with zero attached hydrogens (tertiary/aromatic N) is 1. The van der Waals surface area contributed by atoms with E-state index >= 15 is 0 Å². The van der Waals surface area contributed by atoms with Crippen LogP contribution in [0.2, 0.25) is 10.0 Å². The molecule has 0 aliphatic carbocycles. The highest BCUT2D eigenvalue weighted by Gasteiger charge is 2.22. The number of carboxylic acid groups (broad SMARTS) is 1. The fourth-order valence-corrected chi connectivity index (χ4v) is 4.89. The van der Waals surface area contributed by atoms with Crippen LogP contribution >= 0.6 is 23.2 Å². The van der Waals surface area contributed by atoms with Crippen LogP contribution in [0.15, 0.2) is 42.5 Å². The van der Waals surface area contributed by atoms with Crippen LogP contribution < -0.4 is 5.32 Å². The van der Waals surface area contributed by atoms with E-state index in [0.717, 1.165) is 18.4 Å². The number of hydrogen-bond donors (Lipinski definition) is 2. The molecular weight excluding hydrogens is 523 g/mol. The summed E-state index contributed by atoms with van der Waals surface area (Å²) < 4.78 is 0. The molecule has 0 unspecified atom stereocenters. The molecule has 2 rings (SSSR count). The minimum Gasteiger partial charge on any atom is -0.474 e. The number of nitrogens with one attached hydrogen (secondary N) is 1. The molecule has 8 heteroatoms. The Balaban J connectivity index is 1.78. The van der Waals surface area contributed by atoms with Crippen LogP contribution in [0.3, 0.4) is 0 Å². The van der Waals surface area contributed by atoms with Gasteiger partial charge in [0.25, 0.3) is 5.91 Å². The molecule has 2 N–H and O–H groups in total. The van der Waals surface area contributed by atoms with E-state index < -0.39 is 11.9 Å². The van der Waals surface area contributed by atoms with Crippen molar-refractivity contribution in [1.82, 2.24) is 10.2 Å². The zero-order chi connectivity index (χ0) is 27.8.